The van der Waals surface area contributed by atoms with Crippen molar-refractivity contribution in [1.29, 1.82) is 0 Å². The highest BCUT2D eigenvalue weighted by molar-refractivity contribution is 5.80. The second-order valence-electron chi connectivity index (χ2n) is 8.11. The number of carboxylic acid groups (broad SMARTS) is 1. The summed E-state index contributed by atoms with van der Waals surface area (Å²) < 4.78 is 204. The normalized spacial score (nSPS) is 15.1. The highest BCUT2D eigenvalue weighted by atomic mass is 19.4. The van der Waals surface area contributed by atoms with Crippen molar-refractivity contribution < 1.29 is 80.5 Å². The molecule has 0 aliphatic heterocycles. The van der Waals surface area contributed by atoms with Gasteiger partial charge in [0, 0.05) is 0 Å². The first kappa shape index (κ1) is 36.0. The number of halogens is 15. The van der Waals surface area contributed by atoms with Crippen molar-refractivity contribution in [3.05, 3.63) is 11.8 Å². The molecule has 0 aromatic carbocycles. The average molecular weight is 596 g/mol. The third-order valence-corrected chi connectivity index (χ3v) is 5.15. The van der Waals surface area contributed by atoms with Gasteiger partial charge in [-0.3, -0.25) is 0 Å². The number of unbranched alkanes of at least 4 members (excludes halogenated alkanes) is 7. The predicted molar refractivity (Wildman–Crippen MR) is 100 cm³/mol. The molecule has 0 amide bonds. The zero-order chi connectivity index (χ0) is 30.4. The van der Waals surface area contributed by atoms with Crippen LogP contribution in [0.3, 0.4) is 0 Å². The lowest BCUT2D eigenvalue weighted by Crippen LogP contribution is -2.72. The third kappa shape index (κ3) is 6.93. The van der Waals surface area contributed by atoms with E-state index in [2.05, 4.69) is 4.74 Å². The molecule has 0 saturated carbocycles. The van der Waals surface area contributed by atoms with Crippen LogP contribution in [0, 0.1) is 0 Å². The van der Waals surface area contributed by atoms with Gasteiger partial charge >= 0.3 is 47.7 Å². The quantitative estimate of drug-likeness (QED) is 0.0793. The van der Waals surface area contributed by atoms with Gasteiger partial charge in [0.25, 0.3) is 0 Å². The van der Waals surface area contributed by atoms with Crippen LogP contribution in [-0.2, 0) is 9.53 Å². The Hall–Kier alpha value is -2.04. The number of aliphatic carboxylic acids is 1. The maximum Gasteiger partial charge on any atom is 0.460 e. The Morgan fingerprint density at radius 1 is 0.605 bits per heavy atom. The molecule has 0 rings (SSSR count). The minimum atomic E-state index is -8.46. The van der Waals surface area contributed by atoms with E-state index in [1.54, 1.807) is 0 Å². The molecule has 0 aliphatic rings. The lowest BCUT2D eigenvalue weighted by molar-refractivity contribution is -0.451. The van der Waals surface area contributed by atoms with Gasteiger partial charge in [-0.15, -0.1) is 0 Å². The largest absolute Gasteiger partial charge is 0.491 e. The van der Waals surface area contributed by atoms with Crippen molar-refractivity contribution in [3.8, 4) is 0 Å². The van der Waals surface area contributed by atoms with Crippen molar-refractivity contribution in [2.24, 2.45) is 0 Å². The molecule has 38 heavy (non-hydrogen) atoms. The Balaban J connectivity index is 6.02. The molecule has 0 fully saturated rings. The number of carboxylic acids is 1. The molecule has 0 aliphatic carbocycles. The SMILES string of the molecule is CCCCCCCCCCO/C(=C\C(=O)O)C(F)(F)C(F)(F)C(F)(F)C(F)(F)C(F)(F)C(F)(F)C(F)(F)F. The molecule has 0 radical (unpaired) electrons. The molecule has 0 bridgehead atoms. The van der Waals surface area contributed by atoms with Gasteiger partial charge in [0.2, 0.25) is 0 Å². The summed E-state index contributed by atoms with van der Waals surface area (Å²) in [5, 5.41) is 8.53. The number of alkyl halides is 15. The van der Waals surface area contributed by atoms with E-state index in [1.165, 1.54) is 0 Å². The maximum absolute atomic E-state index is 14.2. The van der Waals surface area contributed by atoms with Crippen LogP contribution in [-0.4, -0.2) is 59.4 Å². The van der Waals surface area contributed by atoms with Gasteiger partial charge in [0.1, 0.15) is 0 Å². The first-order valence-corrected chi connectivity index (χ1v) is 10.8. The predicted octanol–water partition coefficient (Wildman–Crippen LogP) is 8.49. The van der Waals surface area contributed by atoms with Crippen LogP contribution < -0.4 is 0 Å². The molecule has 0 aromatic rings. The van der Waals surface area contributed by atoms with Crippen LogP contribution in [0.5, 0.6) is 0 Å². The summed E-state index contributed by atoms with van der Waals surface area (Å²) in [5.41, 5.74) is 0. The summed E-state index contributed by atoms with van der Waals surface area (Å²) in [5.74, 6) is -53.6. The Morgan fingerprint density at radius 2 is 0.974 bits per heavy atom. The fourth-order valence-electron chi connectivity index (χ4n) is 2.87. The topological polar surface area (TPSA) is 46.5 Å². The lowest BCUT2D eigenvalue weighted by atomic mass is 9.90. The number of allylic oxidation sites excluding steroid dienone is 1. The third-order valence-electron chi connectivity index (χ3n) is 5.15. The van der Waals surface area contributed by atoms with E-state index in [0.717, 1.165) is 25.7 Å². The molecule has 18 heteroatoms. The van der Waals surface area contributed by atoms with E-state index in [9.17, 15) is 70.7 Å². The second kappa shape index (κ2) is 12.4. The summed E-state index contributed by atoms with van der Waals surface area (Å²) >= 11 is 0. The minimum Gasteiger partial charge on any atom is -0.491 e. The second-order valence-corrected chi connectivity index (χ2v) is 8.11. The number of ether oxygens (including phenoxy) is 1. The maximum atomic E-state index is 14.2. The smallest absolute Gasteiger partial charge is 0.460 e. The molecule has 0 saturated heterocycles. The van der Waals surface area contributed by atoms with E-state index in [-0.39, 0.29) is 12.8 Å². The zero-order valence-electron chi connectivity index (χ0n) is 19.4. The van der Waals surface area contributed by atoms with Crippen LogP contribution in [0.25, 0.3) is 0 Å². The van der Waals surface area contributed by atoms with E-state index in [4.69, 9.17) is 5.11 Å². The molecular formula is C20H23F15O3. The van der Waals surface area contributed by atoms with E-state index in [1.807, 2.05) is 6.92 Å². The first-order chi connectivity index (χ1) is 16.9. The molecule has 0 heterocycles. The van der Waals surface area contributed by atoms with Crippen molar-refractivity contribution in [1.82, 2.24) is 0 Å². The van der Waals surface area contributed by atoms with Crippen molar-refractivity contribution in [2.45, 2.75) is 100 Å². The zero-order valence-corrected chi connectivity index (χ0v) is 19.4. The Labute approximate surface area is 206 Å². The highest BCUT2D eigenvalue weighted by Crippen LogP contribution is 2.63. The van der Waals surface area contributed by atoms with E-state index in [0.29, 0.717) is 12.8 Å². The van der Waals surface area contributed by atoms with Crippen molar-refractivity contribution in [3.63, 3.8) is 0 Å². The van der Waals surface area contributed by atoms with Crippen molar-refractivity contribution >= 4 is 5.97 Å². The Bertz CT molecular complexity index is 804. The Morgan fingerprint density at radius 3 is 1.37 bits per heavy atom. The van der Waals surface area contributed by atoms with Crippen LogP contribution in [0.15, 0.2) is 11.8 Å². The highest BCUT2D eigenvalue weighted by Gasteiger charge is 2.93. The minimum absolute atomic E-state index is 0.140. The molecule has 0 spiro atoms. The van der Waals surface area contributed by atoms with Gasteiger partial charge in [0.05, 0.1) is 12.7 Å². The standard InChI is InChI=1S/C20H23F15O3/c1-2-3-4-5-6-7-8-9-10-38-12(11-13(36)37)14(21,22)15(23,24)16(25,26)17(27,28)18(29,30)19(31,32)20(33,34)35/h11H,2-10H2,1H3,(H,36,37)/b12-11-. The van der Waals surface area contributed by atoms with Crippen LogP contribution in [0.4, 0.5) is 65.9 Å². The lowest BCUT2D eigenvalue weighted by Gasteiger charge is -2.41. The number of hydrogen-bond donors (Lipinski definition) is 1. The van der Waals surface area contributed by atoms with Gasteiger partial charge in [-0.1, -0.05) is 51.9 Å². The Kier molecular flexibility index (Phi) is 11.8. The van der Waals surface area contributed by atoms with Crippen molar-refractivity contribution in [2.75, 3.05) is 6.61 Å². The fraction of sp³-hybridized carbons (Fsp3) is 0.850. The molecule has 3 nitrogen and oxygen atoms in total. The molecule has 1 N–H and O–H groups in total. The van der Waals surface area contributed by atoms with Gasteiger partial charge in [-0.2, -0.15) is 65.9 Å². The summed E-state index contributed by atoms with van der Waals surface area (Å²) in [6.07, 6.45) is -4.39. The van der Waals surface area contributed by atoms with Crippen LogP contribution in [0.1, 0.15) is 58.3 Å². The van der Waals surface area contributed by atoms with Gasteiger partial charge in [0.15, 0.2) is 5.76 Å². The monoisotopic (exact) mass is 596 g/mol. The van der Waals surface area contributed by atoms with Gasteiger partial charge in [-0.25, -0.2) is 4.79 Å². The number of carbonyl (C=O) groups is 1. The summed E-state index contributed by atoms with van der Waals surface area (Å²) in [7, 11) is 0. The molecule has 0 unspecified atom stereocenters. The van der Waals surface area contributed by atoms with Crippen LogP contribution in [0.2, 0.25) is 0 Å². The summed E-state index contributed by atoms with van der Waals surface area (Å²) in [6, 6.07) is 0. The average Bonchev–Trinajstić information content (AvgIpc) is 2.75. The van der Waals surface area contributed by atoms with E-state index >= 15 is 0 Å². The van der Waals surface area contributed by atoms with Gasteiger partial charge < -0.3 is 9.84 Å². The van der Waals surface area contributed by atoms with Crippen LogP contribution >= 0.6 is 0 Å². The molecule has 226 valence electrons. The summed E-state index contributed by atoms with van der Waals surface area (Å²) in [6.45, 7) is 0.837. The fourth-order valence-corrected chi connectivity index (χ4v) is 2.87. The molecule has 0 atom stereocenters. The number of hydrogen-bond acceptors (Lipinski definition) is 2. The number of rotatable bonds is 17. The summed E-state index contributed by atoms with van der Waals surface area (Å²) in [4.78, 5) is 10.7. The molecule has 0 aromatic heterocycles. The first-order valence-electron chi connectivity index (χ1n) is 10.8. The van der Waals surface area contributed by atoms with E-state index < -0.39 is 66.1 Å². The molecular weight excluding hydrogens is 573 g/mol. The van der Waals surface area contributed by atoms with Gasteiger partial charge in [-0.05, 0) is 6.42 Å².